The van der Waals surface area contributed by atoms with Crippen LogP contribution in [0.1, 0.15) is 18.1 Å². The van der Waals surface area contributed by atoms with E-state index in [2.05, 4.69) is 34.1 Å². The van der Waals surface area contributed by atoms with Crippen molar-refractivity contribution in [2.75, 3.05) is 4.72 Å². The van der Waals surface area contributed by atoms with Gasteiger partial charge in [0.2, 0.25) is 0 Å². The van der Waals surface area contributed by atoms with E-state index in [0.29, 0.717) is 12.4 Å². The van der Waals surface area contributed by atoms with Crippen LogP contribution < -0.4 is 4.72 Å². The van der Waals surface area contributed by atoms with Gasteiger partial charge in [-0.2, -0.15) is 5.10 Å². The predicted molar refractivity (Wildman–Crippen MR) is 112 cm³/mol. The Morgan fingerprint density at radius 3 is 2.46 bits per heavy atom. The third-order valence-corrected chi connectivity index (χ3v) is 6.10. The summed E-state index contributed by atoms with van der Waals surface area (Å²) in [4.78, 5) is 0.230. The van der Waals surface area contributed by atoms with E-state index in [1.165, 1.54) is 10.8 Å². The molecule has 0 aliphatic heterocycles. The van der Waals surface area contributed by atoms with Crippen molar-refractivity contribution in [3.05, 3.63) is 90.1 Å². The number of benzene rings is 3. The van der Waals surface area contributed by atoms with Gasteiger partial charge in [-0.15, -0.1) is 0 Å². The standard InChI is InChI=1S/C22H21N3O2S/c1-2-17-10-12-20(13-11-17)28(26,27)24-22-14-15-25(23-22)16-19-8-5-7-18-6-3-4-9-21(18)19/h3-15H,2,16H2,1H3,(H,23,24). The van der Waals surface area contributed by atoms with Crippen LogP contribution in [0.15, 0.2) is 83.9 Å². The molecule has 0 radical (unpaired) electrons. The number of hydrogen-bond acceptors (Lipinski definition) is 3. The molecule has 0 saturated carbocycles. The Balaban J connectivity index is 1.54. The molecule has 0 amide bonds. The zero-order valence-corrected chi connectivity index (χ0v) is 16.4. The molecule has 0 bridgehead atoms. The molecular weight excluding hydrogens is 370 g/mol. The lowest BCUT2D eigenvalue weighted by Crippen LogP contribution is -2.14. The second-order valence-corrected chi connectivity index (χ2v) is 8.32. The molecule has 1 aromatic heterocycles. The Morgan fingerprint density at radius 1 is 0.929 bits per heavy atom. The van der Waals surface area contributed by atoms with Crippen LogP contribution >= 0.6 is 0 Å². The Kier molecular flexibility index (Phi) is 4.88. The van der Waals surface area contributed by atoms with Crippen molar-refractivity contribution in [2.45, 2.75) is 24.8 Å². The molecular formula is C22H21N3O2S. The van der Waals surface area contributed by atoms with Crippen LogP contribution in [-0.2, 0) is 23.0 Å². The van der Waals surface area contributed by atoms with E-state index >= 15 is 0 Å². The number of nitrogens with zero attached hydrogens (tertiary/aromatic N) is 2. The predicted octanol–water partition coefficient (Wildman–Crippen LogP) is 4.45. The summed E-state index contributed by atoms with van der Waals surface area (Å²) in [7, 11) is -3.66. The third-order valence-electron chi connectivity index (χ3n) is 4.73. The summed E-state index contributed by atoms with van der Waals surface area (Å²) < 4.78 is 29.5. The molecule has 6 heteroatoms. The zero-order chi connectivity index (χ0) is 19.6. The summed E-state index contributed by atoms with van der Waals surface area (Å²) in [6, 6.07) is 22.9. The van der Waals surface area contributed by atoms with Crippen molar-refractivity contribution < 1.29 is 8.42 Å². The highest BCUT2D eigenvalue weighted by atomic mass is 32.2. The summed E-state index contributed by atoms with van der Waals surface area (Å²) >= 11 is 0. The van der Waals surface area contributed by atoms with Gasteiger partial charge in [-0.25, -0.2) is 8.42 Å². The SMILES string of the molecule is CCc1ccc(S(=O)(=O)Nc2ccn(Cc3cccc4ccccc34)n2)cc1. The average molecular weight is 391 g/mol. The summed E-state index contributed by atoms with van der Waals surface area (Å²) in [5.41, 5.74) is 2.23. The first-order valence-corrected chi connectivity index (χ1v) is 10.7. The number of sulfonamides is 1. The number of anilines is 1. The van der Waals surface area contributed by atoms with Crippen LogP contribution in [0, 0.1) is 0 Å². The van der Waals surface area contributed by atoms with E-state index in [1.807, 2.05) is 37.3 Å². The highest BCUT2D eigenvalue weighted by Crippen LogP contribution is 2.20. The van der Waals surface area contributed by atoms with Crippen LogP contribution in [0.2, 0.25) is 0 Å². The number of rotatable bonds is 6. The van der Waals surface area contributed by atoms with Gasteiger partial charge >= 0.3 is 0 Å². The summed E-state index contributed by atoms with van der Waals surface area (Å²) in [6.07, 6.45) is 2.64. The number of fused-ring (bicyclic) bond motifs is 1. The van der Waals surface area contributed by atoms with E-state index in [9.17, 15) is 8.42 Å². The van der Waals surface area contributed by atoms with Crippen LogP contribution in [0.25, 0.3) is 10.8 Å². The smallest absolute Gasteiger partial charge is 0.263 e. The second kappa shape index (κ2) is 7.48. The van der Waals surface area contributed by atoms with Crippen molar-refractivity contribution in [1.82, 2.24) is 9.78 Å². The van der Waals surface area contributed by atoms with Crippen LogP contribution in [0.4, 0.5) is 5.82 Å². The minimum atomic E-state index is -3.66. The van der Waals surface area contributed by atoms with Crippen molar-refractivity contribution >= 4 is 26.6 Å². The molecule has 0 atom stereocenters. The molecule has 5 nitrogen and oxygen atoms in total. The topological polar surface area (TPSA) is 64.0 Å². The van der Waals surface area contributed by atoms with E-state index in [1.54, 1.807) is 29.1 Å². The number of aryl methyl sites for hydroxylation is 1. The van der Waals surface area contributed by atoms with Crippen LogP contribution in [0.3, 0.4) is 0 Å². The van der Waals surface area contributed by atoms with E-state index in [-0.39, 0.29) is 4.90 Å². The summed E-state index contributed by atoms with van der Waals surface area (Å²) in [5, 5.41) is 6.72. The average Bonchev–Trinajstić information content (AvgIpc) is 3.14. The van der Waals surface area contributed by atoms with Crippen molar-refractivity contribution in [3.8, 4) is 0 Å². The normalized spacial score (nSPS) is 11.6. The van der Waals surface area contributed by atoms with Gasteiger partial charge < -0.3 is 0 Å². The van der Waals surface area contributed by atoms with Gasteiger partial charge in [-0.1, -0.05) is 61.5 Å². The molecule has 0 aliphatic carbocycles. The molecule has 0 spiro atoms. The van der Waals surface area contributed by atoms with Gasteiger partial charge in [0, 0.05) is 12.3 Å². The number of nitrogens with one attached hydrogen (secondary N) is 1. The molecule has 0 saturated heterocycles. The Hall–Kier alpha value is -3.12. The highest BCUT2D eigenvalue weighted by Gasteiger charge is 2.15. The monoisotopic (exact) mass is 391 g/mol. The molecule has 4 aromatic rings. The first-order chi connectivity index (χ1) is 13.5. The lowest BCUT2D eigenvalue weighted by atomic mass is 10.0. The lowest BCUT2D eigenvalue weighted by Gasteiger charge is -2.08. The largest absolute Gasteiger partial charge is 0.266 e. The number of hydrogen-bond donors (Lipinski definition) is 1. The van der Waals surface area contributed by atoms with Gasteiger partial charge in [0.05, 0.1) is 11.4 Å². The Labute approximate surface area is 164 Å². The minimum absolute atomic E-state index is 0.230. The molecule has 28 heavy (non-hydrogen) atoms. The fourth-order valence-corrected chi connectivity index (χ4v) is 4.21. The maximum absolute atomic E-state index is 12.6. The molecule has 142 valence electrons. The quantitative estimate of drug-likeness (QED) is 0.528. The fourth-order valence-electron chi connectivity index (χ4n) is 3.21. The number of aromatic nitrogens is 2. The molecule has 0 fully saturated rings. The third kappa shape index (κ3) is 3.77. The molecule has 0 aliphatic rings. The molecule has 0 unspecified atom stereocenters. The first-order valence-electron chi connectivity index (χ1n) is 9.17. The van der Waals surface area contributed by atoms with Gasteiger partial charge in [-0.3, -0.25) is 9.40 Å². The maximum atomic E-state index is 12.6. The summed E-state index contributed by atoms with van der Waals surface area (Å²) in [5.74, 6) is 0.305. The molecule has 1 N–H and O–H groups in total. The summed E-state index contributed by atoms with van der Waals surface area (Å²) in [6.45, 7) is 2.60. The van der Waals surface area contributed by atoms with E-state index in [4.69, 9.17) is 0 Å². The Bertz CT molecular complexity index is 1210. The molecule has 3 aromatic carbocycles. The van der Waals surface area contributed by atoms with Gasteiger partial charge in [0.1, 0.15) is 0 Å². The highest BCUT2D eigenvalue weighted by molar-refractivity contribution is 7.92. The van der Waals surface area contributed by atoms with Crippen molar-refractivity contribution in [3.63, 3.8) is 0 Å². The zero-order valence-electron chi connectivity index (χ0n) is 15.5. The fraction of sp³-hybridized carbons (Fsp3) is 0.136. The van der Waals surface area contributed by atoms with Gasteiger partial charge in [0.15, 0.2) is 5.82 Å². The second-order valence-electron chi connectivity index (χ2n) is 6.64. The van der Waals surface area contributed by atoms with E-state index in [0.717, 1.165) is 17.5 Å². The molecule has 4 rings (SSSR count). The Morgan fingerprint density at radius 2 is 1.68 bits per heavy atom. The minimum Gasteiger partial charge on any atom is -0.266 e. The van der Waals surface area contributed by atoms with Crippen molar-refractivity contribution in [1.29, 1.82) is 0 Å². The van der Waals surface area contributed by atoms with Gasteiger partial charge in [0.25, 0.3) is 10.0 Å². The first kappa shape index (κ1) is 18.3. The molecule has 1 heterocycles. The van der Waals surface area contributed by atoms with Crippen molar-refractivity contribution in [2.24, 2.45) is 0 Å². The van der Waals surface area contributed by atoms with Crippen LogP contribution in [-0.4, -0.2) is 18.2 Å². The van der Waals surface area contributed by atoms with Gasteiger partial charge in [-0.05, 0) is 40.5 Å². The van der Waals surface area contributed by atoms with E-state index < -0.39 is 10.0 Å². The lowest BCUT2D eigenvalue weighted by molar-refractivity contribution is 0.600. The van der Waals surface area contributed by atoms with Crippen LogP contribution in [0.5, 0.6) is 0 Å². The maximum Gasteiger partial charge on any atom is 0.263 e.